The minimum Gasteiger partial charge on any atom is -0.324 e. The van der Waals surface area contributed by atoms with Gasteiger partial charge in [0.05, 0.1) is 16.8 Å². The van der Waals surface area contributed by atoms with E-state index in [-0.39, 0.29) is 24.1 Å². The van der Waals surface area contributed by atoms with Crippen molar-refractivity contribution in [1.82, 2.24) is 9.55 Å². The largest absolute Gasteiger partial charge is 0.324 e. The molecule has 3 aromatic carbocycles. The molecular formula is C25H23ClN4O2S. The number of amides is 2. The molecule has 0 bridgehead atoms. The Morgan fingerprint density at radius 2 is 1.79 bits per heavy atom. The van der Waals surface area contributed by atoms with Gasteiger partial charge in [-0.15, -0.1) is 0 Å². The average Bonchev–Trinajstić information content (AvgIpc) is 3.17. The van der Waals surface area contributed by atoms with E-state index in [1.807, 2.05) is 72.2 Å². The van der Waals surface area contributed by atoms with Crippen molar-refractivity contribution in [2.24, 2.45) is 0 Å². The first-order valence-electron chi connectivity index (χ1n) is 10.4. The summed E-state index contributed by atoms with van der Waals surface area (Å²) in [4.78, 5) is 31.9. The highest BCUT2D eigenvalue weighted by Crippen LogP contribution is 2.26. The first kappa shape index (κ1) is 22.9. The number of aryl methyl sites for hydroxylation is 1. The van der Waals surface area contributed by atoms with Gasteiger partial charge in [0.25, 0.3) is 0 Å². The fraction of sp³-hybridized carbons (Fsp3) is 0.160. The van der Waals surface area contributed by atoms with E-state index in [9.17, 15) is 9.59 Å². The lowest BCUT2D eigenvalue weighted by atomic mass is 10.2. The molecule has 1 aromatic heterocycles. The van der Waals surface area contributed by atoms with E-state index in [2.05, 4.69) is 10.3 Å². The molecular weight excluding hydrogens is 456 g/mol. The van der Waals surface area contributed by atoms with E-state index >= 15 is 0 Å². The number of benzene rings is 3. The number of carbonyl (C=O) groups excluding carboxylic acids is 2. The second kappa shape index (κ2) is 10.1. The monoisotopic (exact) mass is 478 g/mol. The fourth-order valence-electron chi connectivity index (χ4n) is 3.40. The number of rotatable bonds is 7. The molecule has 8 heteroatoms. The molecule has 0 saturated carbocycles. The summed E-state index contributed by atoms with van der Waals surface area (Å²) in [5.74, 6) is -0.0501. The smallest absolute Gasteiger partial charge is 0.244 e. The number of aromatic nitrogens is 2. The Morgan fingerprint density at radius 1 is 1.06 bits per heavy atom. The van der Waals surface area contributed by atoms with Crippen LogP contribution in [0.5, 0.6) is 0 Å². The maximum absolute atomic E-state index is 12.9. The van der Waals surface area contributed by atoms with Crippen molar-refractivity contribution in [2.45, 2.75) is 18.6 Å². The number of fused-ring (bicyclic) bond motifs is 1. The van der Waals surface area contributed by atoms with Gasteiger partial charge in [-0.05, 0) is 48.9 Å². The van der Waals surface area contributed by atoms with Gasteiger partial charge < -0.3 is 14.8 Å². The lowest BCUT2D eigenvalue weighted by molar-refractivity contribution is -0.117. The Hall–Kier alpha value is -3.29. The molecule has 4 aromatic rings. The third kappa shape index (κ3) is 5.38. The van der Waals surface area contributed by atoms with Gasteiger partial charge in [0.15, 0.2) is 5.16 Å². The van der Waals surface area contributed by atoms with Gasteiger partial charge in [0.2, 0.25) is 11.8 Å². The van der Waals surface area contributed by atoms with E-state index in [0.29, 0.717) is 15.9 Å². The lowest BCUT2D eigenvalue weighted by Crippen LogP contribution is -2.28. The third-order valence-electron chi connectivity index (χ3n) is 5.24. The highest BCUT2D eigenvalue weighted by molar-refractivity contribution is 7.99. The summed E-state index contributed by atoms with van der Waals surface area (Å²) < 4.78 is 1.84. The van der Waals surface area contributed by atoms with Crippen LogP contribution in [-0.4, -0.2) is 34.2 Å². The molecule has 0 saturated heterocycles. The molecule has 0 aliphatic carbocycles. The molecule has 0 aliphatic rings. The molecule has 0 unspecified atom stereocenters. The molecule has 1 N–H and O–H groups in total. The quantitative estimate of drug-likeness (QED) is 0.361. The molecule has 0 aliphatic heterocycles. The summed E-state index contributed by atoms with van der Waals surface area (Å²) in [5, 5.41) is 4.10. The maximum atomic E-state index is 12.9. The molecule has 33 heavy (non-hydrogen) atoms. The first-order valence-corrected chi connectivity index (χ1v) is 11.7. The van der Waals surface area contributed by atoms with Crippen LogP contribution in [0.2, 0.25) is 5.02 Å². The van der Waals surface area contributed by atoms with Crippen LogP contribution < -0.4 is 10.2 Å². The van der Waals surface area contributed by atoms with Crippen LogP contribution in [0.4, 0.5) is 11.4 Å². The summed E-state index contributed by atoms with van der Waals surface area (Å²) in [6.45, 7) is 1.98. The predicted molar refractivity (Wildman–Crippen MR) is 135 cm³/mol. The number of nitrogens with zero attached hydrogens (tertiary/aromatic N) is 3. The maximum Gasteiger partial charge on any atom is 0.244 e. The number of thioether (sulfide) groups is 1. The highest BCUT2D eigenvalue weighted by Gasteiger charge is 2.18. The zero-order chi connectivity index (χ0) is 23.4. The number of imidazole rings is 1. The molecule has 2 amide bonds. The second-order valence-electron chi connectivity index (χ2n) is 7.55. The Balaban J connectivity index is 1.52. The van der Waals surface area contributed by atoms with Gasteiger partial charge in [-0.1, -0.05) is 59.8 Å². The summed E-state index contributed by atoms with van der Waals surface area (Å²) in [7, 11) is 1.75. The SMILES string of the molecule is Cc1ccc(Cl)cc1NC(=O)Cn1c(SCC(=O)N(C)c2ccccc2)nc2ccccc21. The number of nitrogens with one attached hydrogen (secondary N) is 1. The number of hydrogen-bond donors (Lipinski definition) is 1. The summed E-state index contributed by atoms with van der Waals surface area (Å²) in [5.41, 5.74) is 4.03. The second-order valence-corrected chi connectivity index (χ2v) is 8.93. The molecule has 6 nitrogen and oxygen atoms in total. The summed E-state index contributed by atoms with van der Waals surface area (Å²) in [6, 6.07) is 22.5. The summed E-state index contributed by atoms with van der Waals surface area (Å²) >= 11 is 7.40. The Kier molecular flexibility index (Phi) is 7.01. The Labute approximate surface area is 201 Å². The van der Waals surface area contributed by atoms with Crippen LogP contribution in [0.25, 0.3) is 11.0 Å². The van der Waals surface area contributed by atoms with E-state index in [1.165, 1.54) is 11.8 Å². The highest BCUT2D eigenvalue weighted by atomic mass is 35.5. The van der Waals surface area contributed by atoms with Crippen molar-refractivity contribution in [2.75, 3.05) is 23.0 Å². The van der Waals surface area contributed by atoms with Crippen LogP contribution in [-0.2, 0) is 16.1 Å². The van der Waals surface area contributed by atoms with Crippen molar-refractivity contribution in [3.8, 4) is 0 Å². The minimum atomic E-state index is -0.196. The number of carbonyl (C=O) groups is 2. The van der Waals surface area contributed by atoms with Gasteiger partial charge in [-0.25, -0.2) is 4.98 Å². The molecule has 0 atom stereocenters. The van der Waals surface area contributed by atoms with Crippen LogP contribution >= 0.6 is 23.4 Å². The van der Waals surface area contributed by atoms with Gasteiger partial charge in [-0.3, -0.25) is 9.59 Å². The topological polar surface area (TPSA) is 67.2 Å². The predicted octanol–water partition coefficient (Wildman–Crippen LogP) is 5.39. The van der Waals surface area contributed by atoms with E-state index in [4.69, 9.17) is 11.6 Å². The van der Waals surface area contributed by atoms with Gasteiger partial charge in [0.1, 0.15) is 6.54 Å². The molecule has 0 radical (unpaired) electrons. The zero-order valence-corrected chi connectivity index (χ0v) is 19.9. The average molecular weight is 479 g/mol. The van der Waals surface area contributed by atoms with E-state index in [0.717, 1.165) is 22.3 Å². The summed E-state index contributed by atoms with van der Waals surface area (Å²) in [6.07, 6.45) is 0. The van der Waals surface area contributed by atoms with Gasteiger partial charge in [-0.2, -0.15) is 0 Å². The first-order chi connectivity index (χ1) is 15.9. The van der Waals surface area contributed by atoms with E-state index < -0.39 is 0 Å². The number of halogens is 1. The number of hydrogen-bond acceptors (Lipinski definition) is 4. The molecule has 0 spiro atoms. The minimum absolute atomic E-state index is 0.0520. The molecule has 4 rings (SSSR count). The number of anilines is 2. The van der Waals surface area contributed by atoms with Crippen molar-refractivity contribution >= 4 is 57.6 Å². The van der Waals surface area contributed by atoms with Crippen molar-refractivity contribution in [1.29, 1.82) is 0 Å². The third-order valence-corrected chi connectivity index (χ3v) is 6.43. The molecule has 168 valence electrons. The van der Waals surface area contributed by atoms with Gasteiger partial charge >= 0.3 is 0 Å². The van der Waals surface area contributed by atoms with Crippen molar-refractivity contribution in [3.63, 3.8) is 0 Å². The zero-order valence-electron chi connectivity index (χ0n) is 18.3. The van der Waals surface area contributed by atoms with E-state index in [1.54, 1.807) is 24.1 Å². The Morgan fingerprint density at radius 3 is 2.58 bits per heavy atom. The van der Waals surface area contributed by atoms with Gasteiger partial charge in [0, 0.05) is 23.4 Å². The van der Waals surface area contributed by atoms with Crippen LogP contribution in [0.15, 0.2) is 78.0 Å². The van der Waals surface area contributed by atoms with Crippen LogP contribution in [0.3, 0.4) is 0 Å². The Bertz CT molecular complexity index is 1310. The normalized spacial score (nSPS) is 10.9. The van der Waals surface area contributed by atoms with Crippen molar-refractivity contribution in [3.05, 3.63) is 83.4 Å². The standard InChI is InChI=1S/C25H23ClN4O2S/c1-17-12-13-18(26)14-21(17)27-23(31)15-30-22-11-7-6-10-20(22)28-25(30)33-16-24(32)29(2)19-8-4-3-5-9-19/h3-14H,15-16H2,1-2H3,(H,27,31). The molecule has 1 heterocycles. The van der Waals surface area contributed by atoms with Crippen LogP contribution in [0, 0.1) is 6.92 Å². The number of para-hydroxylation sites is 3. The molecule has 0 fully saturated rings. The van der Waals surface area contributed by atoms with Crippen molar-refractivity contribution < 1.29 is 9.59 Å². The fourth-order valence-corrected chi connectivity index (χ4v) is 4.50. The van der Waals surface area contributed by atoms with Crippen LogP contribution in [0.1, 0.15) is 5.56 Å². The lowest BCUT2D eigenvalue weighted by Gasteiger charge is -2.17.